The molecule has 5 nitrogen and oxygen atoms in total. The van der Waals surface area contributed by atoms with Crippen LogP contribution < -0.4 is 15.8 Å². The molecule has 0 amide bonds. The number of hydrogen-bond acceptors (Lipinski definition) is 5. The summed E-state index contributed by atoms with van der Waals surface area (Å²) in [6, 6.07) is 5.90. The summed E-state index contributed by atoms with van der Waals surface area (Å²) >= 11 is 0. The summed E-state index contributed by atoms with van der Waals surface area (Å²) < 4.78 is 5.26. The Morgan fingerprint density at radius 2 is 2.00 bits per heavy atom. The highest BCUT2D eigenvalue weighted by atomic mass is 16.5. The Labute approximate surface area is 119 Å². The number of ether oxygens (including phenoxy) is 1. The predicted molar refractivity (Wildman–Crippen MR) is 81.5 cm³/mol. The van der Waals surface area contributed by atoms with Gasteiger partial charge in [0.1, 0.15) is 23.7 Å². The number of nitrogens with two attached hydrogens (primary N) is 1. The highest BCUT2D eigenvalue weighted by Crippen LogP contribution is 2.30. The minimum absolute atomic E-state index is 0.248. The van der Waals surface area contributed by atoms with Gasteiger partial charge in [0.25, 0.3) is 0 Å². The zero-order chi connectivity index (χ0) is 14.7. The summed E-state index contributed by atoms with van der Waals surface area (Å²) in [6.07, 6.45) is 1.47. The smallest absolute Gasteiger partial charge is 0.139 e. The van der Waals surface area contributed by atoms with E-state index < -0.39 is 0 Å². The van der Waals surface area contributed by atoms with E-state index in [1.54, 1.807) is 7.11 Å². The second-order valence-corrected chi connectivity index (χ2v) is 4.99. The second-order valence-electron chi connectivity index (χ2n) is 4.99. The standard InChI is InChI=1S/C15H20N4O/c1-9(2)13-14(16)17-8-18-15(13)19-11-5-6-12(20-4)10(3)7-11/h5-9H,1-4H3,(H3,16,17,18,19). The zero-order valence-electron chi connectivity index (χ0n) is 12.3. The number of anilines is 3. The van der Waals surface area contributed by atoms with Gasteiger partial charge in [-0.05, 0) is 36.6 Å². The fourth-order valence-corrected chi connectivity index (χ4v) is 2.17. The molecule has 106 valence electrons. The van der Waals surface area contributed by atoms with Crippen LogP contribution in [-0.4, -0.2) is 17.1 Å². The van der Waals surface area contributed by atoms with Gasteiger partial charge in [0.05, 0.1) is 7.11 Å². The maximum absolute atomic E-state index is 5.94. The molecule has 20 heavy (non-hydrogen) atoms. The minimum atomic E-state index is 0.248. The molecule has 0 saturated carbocycles. The molecule has 0 unspecified atom stereocenters. The minimum Gasteiger partial charge on any atom is -0.496 e. The molecule has 0 saturated heterocycles. The maximum Gasteiger partial charge on any atom is 0.139 e. The molecular formula is C15H20N4O. The van der Waals surface area contributed by atoms with Crippen molar-refractivity contribution in [1.29, 1.82) is 0 Å². The molecule has 1 aromatic carbocycles. The number of hydrogen-bond donors (Lipinski definition) is 2. The largest absolute Gasteiger partial charge is 0.496 e. The normalized spacial score (nSPS) is 10.7. The van der Waals surface area contributed by atoms with Crippen LogP contribution in [0.3, 0.4) is 0 Å². The summed E-state index contributed by atoms with van der Waals surface area (Å²) in [7, 11) is 1.66. The van der Waals surface area contributed by atoms with Crippen LogP contribution in [0.2, 0.25) is 0 Å². The van der Waals surface area contributed by atoms with E-state index in [2.05, 4.69) is 29.1 Å². The third-order valence-electron chi connectivity index (χ3n) is 3.15. The van der Waals surface area contributed by atoms with Gasteiger partial charge in [0.2, 0.25) is 0 Å². The molecule has 0 bridgehead atoms. The van der Waals surface area contributed by atoms with Crippen LogP contribution in [0, 0.1) is 6.92 Å². The zero-order valence-corrected chi connectivity index (χ0v) is 12.3. The number of nitrogens with one attached hydrogen (secondary N) is 1. The van der Waals surface area contributed by atoms with E-state index in [1.165, 1.54) is 6.33 Å². The van der Waals surface area contributed by atoms with E-state index in [0.717, 1.165) is 28.4 Å². The number of rotatable bonds is 4. The SMILES string of the molecule is COc1ccc(Nc2ncnc(N)c2C(C)C)cc1C. The highest BCUT2D eigenvalue weighted by molar-refractivity contribution is 5.65. The Morgan fingerprint density at radius 1 is 1.25 bits per heavy atom. The molecule has 1 heterocycles. The molecule has 0 radical (unpaired) electrons. The van der Waals surface area contributed by atoms with Crippen molar-refractivity contribution in [2.75, 3.05) is 18.2 Å². The topological polar surface area (TPSA) is 73.1 Å². The van der Waals surface area contributed by atoms with Crippen LogP contribution in [-0.2, 0) is 0 Å². The van der Waals surface area contributed by atoms with Crippen LogP contribution in [0.5, 0.6) is 5.75 Å². The van der Waals surface area contributed by atoms with Crippen LogP contribution >= 0.6 is 0 Å². The van der Waals surface area contributed by atoms with Gasteiger partial charge in [-0.25, -0.2) is 9.97 Å². The Balaban J connectivity index is 2.35. The first-order chi connectivity index (χ1) is 9.52. The number of methoxy groups -OCH3 is 1. The quantitative estimate of drug-likeness (QED) is 0.893. The van der Waals surface area contributed by atoms with Crippen molar-refractivity contribution in [3.8, 4) is 5.75 Å². The number of nitrogens with zero attached hydrogens (tertiary/aromatic N) is 2. The molecule has 0 fully saturated rings. The average molecular weight is 272 g/mol. The van der Waals surface area contributed by atoms with E-state index in [1.807, 2.05) is 25.1 Å². The van der Waals surface area contributed by atoms with Gasteiger partial charge in [-0.15, -0.1) is 0 Å². The molecule has 5 heteroatoms. The first kappa shape index (κ1) is 14.1. The van der Waals surface area contributed by atoms with Gasteiger partial charge in [0, 0.05) is 11.3 Å². The summed E-state index contributed by atoms with van der Waals surface area (Å²) in [4.78, 5) is 8.35. The highest BCUT2D eigenvalue weighted by Gasteiger charge is 2.13. The third-order valence-corrected chi connectivity index (χ3v) is 3.15. The fraction of sp³-hybridized carbons (Fsp3) is 0.333. The molecular weight excluding hydrogens is 252 g/mol. The van der Waals surface area contributed by atoms with Gasteiger partial charge in [0.15, 0.2) is 0 Å². The van der Waals surface area contributed by atoms with Crippen LogP contribution in [0.4, 0.5) is 17.3 Å². The molecule has 0 aliphatic heterocycles. The Morgan fingerprint density at radius 3 is 2.60 bits per heavy atom. The molecule has 3 N–H and O–H groups in total. The first-order valence-electron chi connectivity index (χ1n) is 6.55. The molecule has 0 atom stereocenters. The summed E-state index contributed by atoms with van der Waals surface area (Å²) in [6.45, 7) is 6.14. The monoisotopic (exact) mass is 272 g/mol. The molecule has 1 aromatic heterocycles. The number of aryl methyl sites for hydroxylation is 1. The molecule has 0 aliphatic carbocycles. The van der Waals surface area contributed by atoms with Crippen molar-refractivity contribution in [3.63, 3.8) is 0 Å². The van der Waals surface area contributed by atoms with Gasteiger partial charge in [-0.1, -0.05) is 13.8 Å². The Kier molecular flexibility index (Phi) is 4.08. The average Bonchev–Trinajstić information content (AvgIpc) is 2.38. The Hall–Kier alpha value is -2.30. The lowest BCUT2D eigenvalue weighted by atomic mass is 10.0. The van der Waals surface area contributed by atoms with Crippen molar-refractivity contribution >= 4 is 17.3 Å². The summed E-state index contributed by atoms with van der Waals surface area (Å²) in [5.41, 5.74) is 8.88. The second kappa shape index (κ2) is 5.77. The lowest BCUT2D eigenvalue weighted by Gasteiger charge is -2.15. The fourth-order valence-electron chi connectivity index (χ4n) is 2.17. The number of aromatic nitrogens is 2. The summed E-state index contributed by atoms with van der Waals surface area (Å²) in [5.74, 6) is 2.37. The molecule has 0 spiro atoms. The van der Waals surface area contributed by atoms with Crippen LogP contribution in [0.15, 0.2) is 24.5 Å². The van der Waals surface area contributed by atoms with Crippen molar-refractivity contribution < 1.29 is 4.74 Å². The van der Waals surface area contributed by atoms with E-state index in [9.17, 15) is 0 Å². The lowest BCUT2D eigenvalue weighted by Crippen LogP contribution is -2.06. The number of benzene rings is 1. The van der Waals surface area contributed by atoms with Crippen LogP contribution in [0.1, 0.15) is 30.9 Å². The maximum atomic E-state index is 5.94. The number of nitrogen functional groups attached to an aromatic ring is 1. The van der Waals surface area contributed by atoms with Gasteiger partial charge < -0.3 is 15.8 Å². The first-order valence-corrected chi connectivity index (χ1v) is 6.55. The Bertz CT molecular complexity index is 611. The van der Waals surface area contributed by atoms with Crippen molar-refractivity contribution in [2.24, 2.45) is 0 Å². The van der Waals surface area contributed by atoms with E-state index in [0.29, 0.717) is 5.82 Å². The van der Waals surface area contributed by atoms with E-state index >= 15 is 0 Å². The lowest BCUT2D eigenvalue weighted by molar-refractivity contribution is 0.412. The van der Waals surface area contributed by atoms with Gasteiger partial charge >= 0.3 is 0 Å². The van der Waals surface area contributed by atoms with Crippen molar-refractivity contribution in [1.82, 2.24) is 9.97 Å². The molecule has 0 aliphatic rings. The van der Waals surface area contributed by atoms with E-state index in [4.69, 9.17) is 10.5 Å². The van der Waals surface area contributed by atoms with Gasteiger partial charge in [-0.2, -0.15) is 0 Å². The third kappa shape index (κ3) is 2.82. The van der Waals surface area contributed by atoms with Crippen molar-refractivity contribution in [3.05, 3.63) is 35.7 Å². The molecule has 2 rings (SSSR count). The van der Waals surface area contributed by atoms with E-state index in [-0.39, 0.29) is 5.92 Å². The van der Waals surface area contributed by atoms with Crippen LogP contribution in [0.25, 0.3) is 0 Å². The van der Waals surface area contributed by atoms with Gasteiger partial charge in [-0.3, -0.25) is 0 Å². The van der Waals surface area contributed by atoms with Crippen molar-refractivity contribution in [2.45, 2.75) is 26.7 Å². The molecule has 2 aromatic rings. The predicted octanol–water partition coefficient (Wildman–Crippen LogP) is 3.24. The summed E-state index contributed by atoms with van der Waals surface area (Å²) in [5, 5.41) is 3.30.